The number of ether oxygens (including phenoxy) is 3. The minimum Gasteiger partial charge on any atom is -0.493 e. The van der Waals surface area contributed by atoms with Gasteiger partial charge in [0.1, 0.15) is 0 Å². The second-order valence-corrected chi connectivity index (χ2v) is 7.62. The lowest BCUT2D eigenvalue weighted by molar-refractivity contribution is -0.132. The molecule has 0 fully saturated rings. The van der Waals surface area contributed by atoms with Crippen LogP contribution in [0.3, 0.4) is 0 Å². The summed E-state index contributed by atoms with van der Waals surface area (Å²) in [6.07, 6.45) is 4.89. The Hall–Kier alpha value is -2.93. The number of rotatable bonds is 7. The van der Waals surface area contributed by atoms with Crippen LogP contribution in [-0.4, -0.2) is 24.9 Å². The van der Waals surface area contributed by atoms with E-state index in [-0.39, 0.29) is 17.3 Å². The molecule has 2 aromatic rings. The molecule has 30 heavy (non-hydrogen) atoms. The summed E-state index contributed by atoms with van der Waals surface area (Å²) >= 11 is 3.37. The van der Waals surface area contributed by atoms with Crippen LogP contribution in [0.1, 0.15) is 43.4 Å². The minimum atomic E-state index is -0.529. The van der Waals surface area contributed by atoms with E-state index >= 15 is 0 Å². The molecule has 1 heterocycles. The molecule has 0 saturated heterocycles. The van der Waals surface area contributed by atoms with Crippen LogP contribution in [0.15, 0.2) is 51.6 Å². The smallest absolute Gasteiger partial charge is 0.363 e. The van der Waals surface area contributed by atoms with Crippen LogP contribution in [0.25, 0.3) is 6.08 Å². The summed E-state index contributed by atoms with van der Waals surface area (Å²) in [6.45, 7) is 3.47. The highest BCUT2D eigenvalue weighted by Crippen LogP contribution is 2.37. The van der Waals surface area contributed by atoms with Crippen LogP contribution >= 0.6 is 15.9 Å². The first kappa shape index (κ1) is 21.8. The lowest BCUT2D eigenvalue weighted by Gasteiger charge is -2.11. The Balaban J connectivity index is 1.87. The summed E-state index contributed by atoms with van der Waals surface area (Å²) in [5, 5.41) is 0. The topological polar surface area (TPSA) is 74.2 Å². The van der Waals surface area contributed by atoms with Crippen molar-refractivity contribution >= 4 is 39.8 Å². The van der Waals surface area contributed by atoms with Gasteiger partial charge in [-0.1, -0.05) is 25.5 Å². The first-order chi connectivity index (χ1) is 14.4. The number of aryl methyl sites for hydroxylation is 1. The zero-order valence-corrected chi connectivity index (χ0v) is 18.6. The second-order valence-electron chi connectivity index (χ2n) is 6.76. The normalized spacial score (nSPS) is 14.5. The molecule has 0 radical (unpaired) electrons. The summed E-state index contributed by atoms with van der Waals surface area (Å²) < 4.78 is 16.3. The minimum absolute atomic E-state index is 0.175. The fraction of sp³-hybridized carbons (Fsp3) is 0.261. The van der Waals surface area contributed by atoms with Gasteiger partial charge < -0.3 is 14.2 Å². The number of benzene rings is 2. The van der Waals surface area contributed by atoms with E-state index in [1.165, 1.54) is 19.6 Å². The van der Waals surface area contributed by atoms with Crippen molar-refractivity contribution in [3.05, 3.63) is 63.3 Å². The number of nitrogens with zero attached hydrogens (tertiary/aromatic N) is 1. The van der Waals surface area contributed by atoms with Crippen molar-refractivity contribution in [3.63, 3.8) is 0 Å². The predicted octanol–water partition coefficient (Wildman–Crippen LogP) is 5.07. The quantitative estimate of drug-likeness (QED) is 0.320. The monoisotopic (exact) mass is 471 g/mol. The van der Waals surface area contributed by atoms with Crippen LogP contribution in [0.5, 0.6) is 11.5 Å². The lowest BCUT2D eigenvalue weighted by Crippen LogP contribution is -2.05. The number of aliphatic imine (C=N–C) groups is 1. The van der Waals surface area contributed by atoms with Crippen molar-refractivity contribution in [2.24, 2.45) is 4.99 Å². The third-order valence-electron chi connectivity index (χ3n) is 4.44. The number of hydrogen-bond donors (Lipinski definition) is 0. The third kappa shape index (κ3) is 5.16. The number of esters is 2. The van der Waals surface area contributed by atoms with Crippen molar-refractivity contribution < 1.29 is 23.8 Å². The fourth-order valence-electron chi connectivity index (χ4n) is 2.95. The van der Waals surface area contributed by atoms with Gasteiger partial charge in [0.15, 0.2) is 17.2 Å². The van der Waals surface area contributed by atoms with Gasteiger partial charge in [0, 0.05) is 12.5 Å². The summed E-state index contributed by atoms with van der Waals surface area (Å²) in [7, 11) is 1.47. The lowest BCUT2D eigenvalue weighted by atomic mass is 10.1. The molecule has 7 heteroatoms. The Labute approximate surface area is 183 Å². The fourth-order valence-corrected chi connectivity index (χ4v) is 3.49. The zero-order valence-electron chi connectivity index (χ0n) is 17.0. The van der Waals surface area contributed by atoms with Gasteiger partial charge in [-0.15, -0.1) is 0 Å². The Morgan fingerprint density at radius 1 is 1.23 bits per heavy atom. The number of carbonyl (C=O) groups is 2. The molecule has 0 aliphatic carbocycles. The van der Waals surface area contributed by atoms with Gasteiger partial charge >= 0.3 is 11.9 Å². The van der Waals surface area contributed by atoms with Gasteiger partial charge in [-0.2, -0.15) is 0 Å². The van der Waals surface area contributed by atoms with E-state index in [9.17, 15) is 9.59 Å². The van der Waals surface area contributed by atoms with Crippen molar-refractivity contribution in [1.82, 2.24) is 0 Å². The van der Waals surface area contributed by atoms with Crippen molar-refractivity contribution in [2.75, 3.05) is 7.11 Å². The molecule has 1 aliphatic rings. The SMILES string of the molecule is CCCCc1ccc(C2=NC(=Cc3cc(Br)c(OC(C)=O)c(OC)c3)C(=O)O2)cc1. The standard InChI is InChI=1S/C23H22BrNO5/c1-4-5-6-15-7-9-17(10-8-15)22-25-19(23(27)30-22)12-16-11-18(24)21(29-14(2)26)20(13-16)28-3/h7-13H,4-6H2,1-3H3. The van der Waals surface area contributed by atoms with E-state index in [0.29, 0.717) is 15.8 Å². The first-order valence-electron chi connectivity index (χ1n) is 9.59. The number of hydrogen-bond acceptors (Lipinski definition) is 6. The number of methoxy groups -OCH3 is 1. The van der Waals surface area contributed by atoms with Gasteiger partial charge in [-0.25, -0.2) is 9.79 Å². The third-order valence-corrected chi connectivity index (χ3v) is 5.03. The highest BCUT2D eigenvalue weighted by Gasteiger charge is 2.24. The predicted molar refractivity (Wildman–Crippen MR) is 118 cm³/mol. The highest BCUT2D eigenvalue weighted by atomic mass is 79.9. The molecule has 0 N–H and O–H groups in total. The van der Waals surface area contributed by atoms with Gasteiger partial charge in [0.05, 0.1) is 11.6 Å². The maximum Gasteiger partial charge on any atom is 0.363 e. The Morgan fingerprint density at radius 2 is 1.97 bits per heavy atom. The van der Waals surface area contributed by atoms with E-state index in [1.807, 2.05) is 24.3 Å². The summed E-state index contributed by atoms with van der Waals surface area (Å²) in [5.41, 5.74) is 2.80. The maximum atomic E-state index is 12.3. The molecule has 0 spiro atoms. The van der Waals surface area contributed by atoms with E-state index in [1.54, 1.807) is 18.2 Å². The van der Waals surface area contributed by atoms with Crippen molar-refractivity contribution in [2.45, 2.75) is 33.1 Å². The second kappa shape index (κ2) is 9.71. The zero-order chi connectivity index (χ0) is 21.7. The van der Waals surface area contributed by atoms with E-state index in [2.05, 4.69) is 27.8 Å². The van der Waals surface area contributed by atoms with Crippen molar-refractivity contribution in [1.29, 1.82) is 0 Å². The molecule has 0 aromatic heterocycles. The van der Waals surface area contributed by atoms with Crippen LogP contribution in [0.2, 0.25) is 0 Å². The van der Waals surface area contributed by atoms with Crippen LogP contribution in [-0.2, 0) is 20.7 Å². The molecule has 0 unspecified atom stereocenters. The van der Waals surface area contributed by atoms with E-state index in [4.69, 9.17) is 14.2 Å². The van der Waals surface area contributed by atoms with E-state index < -0.39 is 11.9 Å². The van der Waals surface area contributed by atoms with Gasteiger partial charge in [0.25, 0.3) is 0 Å². The number of carbonyl (C=O) groups excluding carboxylic acids is 2. The molecule has 0 bridgehead atoms. The van der Waals surface area contributed by atoms with Crippen LogP contribution < -0.4 is 9.47 Å². The Morgan fingerprint density at radius 3 is 2.60 bits per heavy atom. The average Bonchev–Trinajstić information content (AvgIpc) is 3.08. The molecule has 156 valence electrons. The molecule has 0 atom stereocenters. The molecular weight excluding hydrogens is 450 g/mol. The highest BCUT2D eigenvalue weighted by molar-refractivity contribution is 9.10. The first-order valence-corrected chi connectivity index (χ1v) is 10.4. The van der Waals surface area contributed by atoms with Crippen molar-refractivity contribution in [3.8, 4) is 11.5 Å². The van der Waals surface area contributed by atoms with Crippen LogP contribution in [0, 0.1) is 0 Å². The Bertz CT molecular complexity index is 1020. The summed E-state index contributed by atoms with van der Waals surface area (Å²) in [6, 6.07) is 11.2. The molecule has 3 rings (SSSR count). The molecular formula is C23H22BrNO5. The van der Waals surface area contributed by atoms with Gasteiger partial charge in [0.2, 0.25) is 5.90 Å². The molecule has 6 nitrogen and oxygen atoms in total. The van der Waals surface area contributed by atoms with E-state index in [0.717, 1.165) is 24.8 Å². The Kier molecular flexibility index (Phi) is 7.05. The molecule has 1 aliphatic heterocycles. The van der Waals surface area contributed by atoms with Crippen LogP contribution in [0.4, 0.5) is 0 Å². The van der Waals surface area contributed by atoms with Gasteiger partial charge in [-0.05, 0) is 70.2 Å². The molecule has 0 saturated carbocycles. The number of unbranched alkanes of at least 4 members (excludes halogenated alkanes) is 1. The maximum absolute atomic E-state index is 12.3. The summed E-state index contributed by atoms with van der Waals surface area (Å²) in [4.78, 5) is 27.9. The average molecular weight is 472 g/mol. The number of cyclic esters (lactones) is 1. The number of halogens is 1. The molecule has 2 aromatic carbocycles. The molecule has 0 amide bonds. The summed E-state index contributed by atoms with van der Waals surface area (Å²) in [5.74, 6) is -0.0948. The largest absolute Gasteiger partial charge is 0.493 e. The van der Waals surface area contributed by atoms with Gasteiger partial charge in [-0.3, -0.25) is 4.79 Å².